The molecule has 1 aliphatic carbocycles. The molecule has 0 aromatic carbocycles. The van der Waals surface area contributed by atoms with Gasteiger partial charge in [0.05, 0.1) is 0 Å². The summed E-state index contributed by atoms with van der Waals surface area (Å²) < 4.78 is 0. The molecule has 0 unspecified atom stereocenters. The van der Waals surface area contributed by atoms with Crippen LogP contribution in [-0.2, 0) is 0 Å². The van der Waals surface area contributed by atoms with Crippen LogP contribution in [0.3, 0.4) is 0 Å². The number of amides is 1. The Labute approximate surface area is 116 Å². The molecule has 0 spiro atoms. The van der Waals surface area contributed by atoms with Gasteiger partial charge in [0.15, 0.2) is 0 Å². The Morgan fingerprint density at radius 2 is 1.95 bits per heavy atom. The van der Waals surface area contributed by atoms with Gasteiger partial charge in [0, 0.05) is 23.8 Å². The molecule has 7 heteroatoms. The predicted molar refractivity (Wildman–Crippen MR) is 72.6 cm³/mol. The van der Waals surface area contributed by atoms with Gasteiger partial charge in [-0.05, 0) is 44.2 Å². The van der Waals surface area contributed by atoms with E-state index in [0.717, 1.165) is 37.2 Å². The molecule has 1 aromatic rings. The summed E-state index contributed by atoms with van der Waals surface area (Å²) in [5, 5.41) is 14.8. The van der Waals surface area contributed by atoms with Crippen molar-refractivity contribution in [1.82, 2.24) is 15.3 Å². The first-order valence-corrected chi connectivity index (χ1v) is 6.68. The topological polar surface area (TPSA) is 87.1 Å². The van der Waals surface area contributed by atoms with Crippen molar-refractivity contribution in [3.8, 4) is 0 Å². The van der Waals surface area contributed by atoms with Crippen LogP contribution in [0.5, 0.6) is 0 Å². The lowest BCUT2D eigenvalue weighted by molar-refractivity contribution is 0.185. The number of aryl methyl sites for hydroxylation is 1. The van der Waals surface area contributed by atoms with Crippen LogP contribution in [0.25, 0.3) is 0 Å². The molecule has 1 fully saturated rings. The Morgan fingerprint density at radius 1 is 1.32 bits per heavy atom. The van der Waals surface area contributed by atoms with Gasteiger partial charge in [-0.3, -0.25) is 0 Å². The number of hydrogen-bond donors (Lipinski definition) is 3. The highest BCUT2D eigenvalue weighted by atomic mass is 35.5. The molecule has 0 aliphatic heterocycles. The van der Waals surface area contributed by atoms with Gasteiger partial charge in [0.25, 0.3) is 0 Å². The van der Waals surface area contributed by atoms with Crippen LogP contribution in [0, 0.1) is 6.92 Å². The average molecular weight is 285 g/mol. The second kappa shape index (κ2) is 6.06. The van der Waals surface area contributed by atoms with E-state index in [9.17, 15) is 4.79 Å². The number of halogens is 1. The summed E-state index contributed by atoms with van der Waals surface area (Å²) in [6, 6.07) is 2.22. The van der Waals surface area contributed by atoms with Crippen LogP contribution < -0.4 is 10.6 Å². The van der Waals surface area contributed by atoms with Crippen molar-refractivity contribution in [3.63, 3.8) is 0 Å². The zero-order valence-corrected chi connectivity index (χ0v) is 11.4. The normalized spacial score (nSPS) is 22.8. The summed E-state index contributed by atoms with van der Waals surface area (Å²) in [4.78, 5) is 18.7. The van der Waals surface area contributed by atoms with Gasteiger partial charge in [0.1, 0.15) is 5.82 Å². The summed E-state index contributed by atoms with van der Waals surface area (Å²) in [6.07, 6.45) is 2.54. The molecule has 0 saturated heterocycles. The van der Waals surface area contributed by atoms with Gasteiger partial charge in [-0.15, -0.1) is 0 Å². The van der Waals surface area contributed by atoms with E-state index >= 15 is 0 Å². The summed E-state index contributed by atoms with van der Waals surface area (Å²) in [5.74, 6) is 0.729. The smallest absolute Gasteiger partial charge is 0.404 e. The lowest BCUT2D eigenvalue weighted by atomic mass is 9.91. The third-order valence-electron chi connectivity index (χ3n) is 3.23. The average Bonchev–Trinajstić information content (AvgIpc) is 2.29. The van der Waals surface area contributed by atoms with E-state index in [1.807, 2.05) is 13.0 Å². The van der Waals surface area contributed by atoms with Crippen LogP contribution in [0.2, 0.25) is 5.28 Å². The zero-order chi connectivity index (χ0) is 13.8. The minimum atomic E-state index is -0.949. The number of aromatic nitrogens is 2. The maximum absolute atomic E-state index is 10.6. The van der Waals surface area contributed by atoms with Crippen molar-refractivity contribution < 1.29 is 9.90 Å². The SMILES string of the molecule is Cc1cc(NC2CCC(NC(=O)O)CC2)nc(Cl)n1. The van der Waals surface area contributed by atoms with E-state index in [1.165, 1.54) is 0 Å². The zero-order valence-electron chi connectivity index (χ0n) is 10.7. The minimum Gasteiger partial charge on any atom is -0.465 e. The molecule has 1 aromatic heterocycles. The van der Waals surface area contributed by atoms with Gasteiger partial charge in [-0.25, -0.2) is 14.8 Å². The van der Waals surface area contributed by atoms with Crippen molar-refractivity contribution >= 4 is 23.5 Å². The monoisotopic (exact) mass is 284 g/mol. The number of nitrogens with one attached hydrogen (secondary N) is 2. The Hall–Kier alpha value is -1.56. The number of carboxylic acid groups (broad SMARTS) is 1. The first-order chi connectivity index (χ1) is 9.02. The molecular weight excluding hydrogens is 268 g/mol. The standard InChI is InChI=1S/C12H17ClN4O2/c1-7-6-10(17-11(13)14-7)15-8-2-4-9(5-3-8)16-12(18)19/h6,8-9,16H,2-5H2,1H3,(H,18,19)(H,14,15,17). The first-order valence-electron chi connectivity index (χ1n) is 6.30. The number of nitrogens with zero attached hydrogens (tertiary/aromatic N) is 2. The predicted octanol–water partition coefficient (Wildman–Crippen LogP) is 2.43. The van der Waals surface area contributed by atoms with E-state index in [0.29, 0.717) is 6.04 Å². The Morgan fingerprint density at radius 3 is 2.53 bits per heavy atom. The number of hydrogen-bond acceptors (Lipinski definition) is 4. The van der Waals surface area contributed by atoms with Crippen LogP contribution in [0.1, 0.15) is 31.4 Å². The third-order valence-corrected chi connectivity index (χ3v) is 3.40. The lowest BCUT2D eigenvalue weighted by Crippen LogP contribution is -2.39. The molecule has 0 radical (unpaired) electrons. The molecule has 19 heavy (non-hydrogen) atoms. The van der Waals surface area contributed by atoms with Crippen molar-refractivity contribution in [1.29, 1.82) is 0 Å². The minimum absolute atomic E-state index is 0.0614. The van der Waals surface area contributed by atoms with Crippen LogP contribution in [0.4, 0.5) is 10.6 Å². The summed E-state index contributed by atoms with van der Waals surface area (Å²) in [5.41, 5.74) is 0.823. The summed E-state index contributed by atoms with van der Waals surface area (Å²) in [7, 11) is 0. The Kier molecular flexibility index (Phi) is 4.42. The molecule has 1 saturated carbocycles. The van der Waals surface area contributed by atoms with E-state index in [-0.39, 0.29) is 11.3 Å². The highest BCUT2D eigenvalue weighted by Gasteiger charge is 2.22. The molecular formula is C12H17ClN4O2. The summed E-state index contributed by atoms with van der Waals surface area (Å²) >= 11 is 5.81. The fourth-order valence-corrected chi connectivity index (χ4v) is 2.60. The van der Waals surface area contributed by atoms with Crippen molar-refractivity contribution in [2.24, 2.45) is 0 Å². The van der Waals surface area contributed by atoms with Gasteiger partial charge < -0.3 is 15.7 Å². The molecule has 1 heterocycles. The highest BCUT2D eigenvalue weighted by Crippen LogP contribution is 2.22. The highest BCUT2D eigenvalue weighted by molar-refractivity contribution is 6.28. The molecule has 0 bridgehead atoms. The number of anilines is 1. The van der Waals surface area contributed by atoms with Crippen molar-refractivity contribution in [3.05, 3.63) is 17.0 Å². The van der Waals surface area contributed by atoms with E-state index in [4.69, 9.17) is 16.7 Å². The maximum Gasteiger partial charge on any atom is 0.404 e. The molecule has 6 nitrogen and oxygen atoms in total. The Bertz CT molecular complexity index is 441. The van der Waals surface area contributed by atoms with Gasteiger partial charge in [-0.1, -0.05) is 0 Å². The van der Waals surface area contributed by atoms with Crippen molar-refractivity contribution in [2.75, 3.05) is 5.32 Å². The fraction of sp³-hybridized carbons (Fsp3) is 0.583. The largest absolute Gasteiger partial charge is 0.465 e. The molecule has 1 aliphatic rings. The van der Waals surface area contributed by atoms with Crippen LogP contribution >= 0.6 is 11.6 Å². The van der Waals surface area contributed by atoms with Gasteiger partial charge in [-0.2, -0.15) is 0 Å². The van der Waals surface area contributed by atoms with Crippen LogP contribution in [-0.4, -0.2) is 33.3 Å². The van der Waals surface area contributed by atoms with E-state index < -0.39 is 6.09 Å². The van der Waals surface area contributed by atoms with Crippen LogP contribution in [0.15, 0.2) is 6.07 Å². The molecule has 104 valence electrons. The molecule has 0 atom stereocenters. The quantitative estimate of drug-likeness (QED) is 0.742. The van der Waals surface area contributed by atoms with Gasteiger partial charge in [0.2, 0.25) is 5.28 Å². The molecule has 3 N–H and O–H groups in total. The number of rotatable bonds is 3. The van der Waals surface area contributed by atoms with Crippen molar-refractivity contribution in [2.45, 2.75) is 44.7 Å². The maximum atomic E-state index is 10.6. The lowest BCUT2D eigenvalue weighted by Gasteiger charge is -2.29. The fourth-order valence-electron chi connectivity index (χ4n) is 2.37. The number of carbonyl (C=O) groups is 1. The second-order valence-electron chi connectivity index (χ2n) is 4.81. The van der Waals surface area contributed by atoms with Gasteiger partial charge >= 0.3 is 6.09 Å². The molecule has 2 rings (SSSR count). The summed E-state index contributed by atoms with van der Waals surface area (Å²) in [6.45, 7) is 1.87. The van der Waals surface area contributed by atoms with E-state index in [1.54, 1.807) is 0 Å². The third kappa shape index (κ3) is 4.24. The second-order valence-corrected chi connectivity index (χ2v) is 5.14. The first kappa shape index (κ1) is 13.9. The van der Waals surface area contributed by atoms with E-state index in [2.05, 4.69) is 20.6 Å². The molecule has 1 amide bonds. The Balaban J connectivity index is 1.86.